The molecule has 0 aliphatic carbocycles. The predicted octanol–water partition coefficient (Wildman–Crippen LogP) is 4.26. The average molecular weight is 362 g/mol. The monoisotopic (exact) mass is 362 g/mol. The minimum absolute atomic E-state index is 0.388. The molecule has 0 radical (unpaired) electrons. The fourth-order valence-corrected chi connectivity index (χ4v) is 2.74. The summed E-state index contributed by atoms with van der Waals surface area (Å²) in [6, 6.07) is 17.0. The van der Waals surface area contributed by atoms with Crippen molar-refractivity contribution >= 4 is 17.9 Å². The van der Waals surface area contributed by atoms with E-state index in [1.165, 1.54) is 0 Å². The van der Waals surface area contributed by atoms with E-state index in [1.54, 1.807) is 13.3 Å². The summed E-state index contributed by atoms with van der Waals surface area (Å²) < 4.78 is 7.15. The summed E-state index contributed by atoms with van der Waals surface area (Å²) in [5.41, 5.74) is 7.22. The average Bonchev–Trinajstić information content (AvgIpc) is 3.12. The van der Waals surface area contributed by atoms with Crippen LogP contribution in [0.5, 0.6) is 5.75 Å². The van der Waals surface area contributed by atoms with Crippen molar-refractivity contribution in [3.8, 4) is 11.4 Å². The number of hydrazone groups is 1. The van der Waals surface area contributed by atoms with Crippen LogP contribution in [0.4, 0.5) is 10.5 Å². The van der Waals surface area contributed by atoms with Crippen molar-refractivity contribution in [3.05, 3.63) is 77.6 Å². The van der Waals surface area contributed by atoms with Gasteiger partial charge in [0.2, 0.25) is 0 Å². The third-order valence-corrected chi connectivity index (χ3v) is 4.12. The zero-order chi connectivity index (χ0) is 19.2. The van der Waals surface area contributed by atoms with E-state index in [4.69, 9.17) is 4.74 Å². The minimum Gasteiger partial charge on any atom is -0.497 e. The number of methoxy groups -OCH3 is 1. The van der Waals surface area contributed by atoms with Crippen molar-refractivity contribution in [2.24, 2.45) is 5.10 Å². The van der Waals surface area contributed by atoms with Crippen LogP contribution >= 0.6 is 0 Å². The third kappa shape index (κ3) is 4.55. The Morgan fingerprint density at radius 2 is 1.89 bits per heavy atom. The number of hydrogen-bond acceptors (Lipinski definition) is 3. The molecule has 0 atom stereocenters. The van der Waals surface area contributed by atoms with Crippen molar-refractivity contribution < 1.29 is 9.53 Å². The molecule has 0 saturated heterocycles. The number of amides is 2. The van der Waals surface area contributed by atoms with Crippen LogP contribution in [0.1, 0.15) is 16.8 Å². The molecule has 0 aliphatic heterocycles. The van der Waals surface area contributed by atoms with E-state index >= 15 is 0 Å². The van der Waals surface area contributed by atoms with Crippen molar-refractivity contribution in [1.29, 1.82) is 0 Å². The number of anilines is 1. The van der Waals surface area contributed by atoms with Crippen LogP contribution in [-0.4, -0.2) is 23.9 Å². The van der Waals surface area contributed by atoms with Crippen molar-refractivity contribution in [1.82, 2.24) is 9.99 Å². The van der Waals surface area contributed by atoms with Crippen molar-refractivity contribution in [2.75, 3.05) is 12.4 Å². The number of nitrogens with zero attached hydrogens (tertiary/aromatic N) is 2. The van der Waals surface area contributed by atoms with E-state index in [2.05, 4.69) is 15.8 Å². The first-order valence-electron chi connectivity index (χ1n) is 8.56. The van der Waals surface area contributed by atoms with E-state index < -0.39 is 0 Å². The molecule has 2 amide bonds. The fraction of sp³-hybridized carbons (Fsp3) is 0.143. The first kappa shape index (κ1) is 18.3. The van der Waals surface area contributed by atoms with E-state index in [0.29, 0.717) is 0 Å². The Balaban J connectivity index is 1.64. The molecular formula is C21H22N4O2. The lowest BCUT2D eigenvalue weighted by Crippen LogP contribution is -2.24. The topological polar surface area (TPSA) is 67.6 Å². The van der Waals surface area contributed by atoms with Crippen LogP contribution in [-0.2, 0) is 0 Å². The van der Waals surface area contributed by atoms with Gasteiger partial charge in [0.05, 0.1) is 19.0 Å². The molecule has 2 aromatic carbocycles. The number of urea groups is 1. The third-order valence-electron chi connectivity index (χ3n) is 4.12. The highest BCUT2D eigenvalue weighted by Gasteiger charge is 2.04. The smallest absolute Gasteiger partial charge is 0.339 e. The van der Waals surface area contributed by atoms with E-state index in [1.807, 2.05) is 79.2 Å². The summed E-state index contributed by atoms with van der Waals surface area (Å²) in [6.07, 6.45) is 3.53. The van der Waals surface area contributed by atoms with Gasteiger partial charge in [-0.2, -0.15) is 5.10 Å². The Morgan fingerprint density at radius 1 is 1.11 bits per heavy atom. The van der Waals surface area contributed by atoms with E-state index in [0.717, 1.165) is 33.9 Å². The lowest BCUT2D eigenvalue weighted by Gasteiger charge is -2.09. The molecule has 0 bridgehead atoms. The predicted molar refractivity (Wildman–Crippen MR) is 108 cm³/mol. The van der Waals surface area contributed by atoms with Gasteiger partial charge in [-0.15, -0.1) is 0 Å². The lowest BCUT2D eigenvalue weighted by atomic mass is 10.1. The molecule has 3 rings (SSSR count). The summed E-state index contributed by atoms with van der Waals surface area (Å²) in [6.45, 7) is 3.96. The quantitative estimate of drug-likeness (QED) is 0.526. The first-order valence-corrected chi connectivity index (χ1v) is 8.56. The van der Waals surface area contributed by atoms with Gasteiger partial charge in [0.25, 0.3) is 0 Å². The number of carbonyl (C=O) groups is 1. The Hall–Kier alpha value is -3.54. The van der Waals surface area contributed by atoms with Crippen LogP contribution in [0.3, 0.4) is 0 Å². The minimum atomic E-state index is -0.388. The highest BCUT2D eigenvalue weighted by Crippen LogP contribution is 2.17. The standard InChI is InChI=1S/C21H22N4O2/c1-15-6-11-20(16(2)13-15)23-21(26)24-22-14-18-5-4-12-25(18)17-7-9-19(27-3)10-8-17/h4-14H,1-3H3,(H2,23,24,26)/b22-14+. The molecule has 2 N–H and O–H groups in total. The van der Waals surface area contributed by atoms with Crippen LogP contribution in [0.25, 0.3) is 5.69 Å². The fourth-order valence-electron chi connectivity index (χ4n) is 2.74. The second-order valence-electron chi connectivity index (χ2n) is 6.14. The Bertz CT molecular complexity index is 959. The maximum absolute atomic E-state index is 12.0. The van der Waals surface area contributed by atoms with Gasteiger partial charge in [0, 0.05) is 17.6 Å². The molecular weight excluding hydrogens is 340 g/mol. The summed E-state index contributed by atoms with van der Waals surface area (Å²) in [5, 5.41) is 6.84. The number of nitrogens with one attached hydrogen (secondary N) is 2. The van der Waals surface area contributed by atoms with Gasteiger partial charge >= 0.3 is 6.03 Å². The van der Waals surface area contributed by atoms with Crippen LogP contribution in [0.15, 0.2) is 65.9 Å². The van der Waals surface area contributed by atoms with Crippen molar-refractivity contribution in [2.45, 2.75) is 13.8 Å². The Labute approximate surface area is 158 Å². The molecule has 0 spiro atoms. The number of aromatic nitrogens is 1. The second-order valence-corrected chi connectivity index (χ2v) is 6.14. The van der Waals surface area contributed by atoms with Gasteiger partial charge in [-0.3, -0.25) is 0 Å². The molecule has 1 aromatic heterocycles. The number of carbonyl (C=O) groups excluding carboxylic acids is 1. The Kier molecular flexibility index (Phi) is 5.56. The maximum Gasteiger partial charge on any atom is 0.339 e. The first-order chi connectivity index (χ1) is 13.1. The van der Waals surface area contributed by atoms with Crippen LogP contribution in [0, 0.1) is 13.8 Å². The molecule has 1 heterocycles. The summed E-state index contributed by atoms with van der Waals surface area (Å²) in [4.78, 5) is 12.0. The number of benzene rings is 2. The SMILES string of the molecule is COc1ccc(-n2cccc2/C=N/NC(=O)Nc2ccc(C)cc2C)cc1. The van der Waals surface area contributed by atoms with Gasteiger partial charge in [-0.1, -0.05) is 17.7 Å². The number of ether oxygens (including phenoxy) is 1. The molecule has 27 heavy (non-hydrogen) atoms. The van der Waals surface area contributed by atoms with Gasteiger partial charge in [-0.25, -0.2) is 10.2 Å². The second kappa shape index (κ2) is 8.23. The van der Waals surface area contributed by atoms with Gasteiger partial charge in [-0.05, 0) is 61.9 Å². The zero-order valence-electron chi connectivity index (χ0n) is 15.6. The van der Waals surface area contributed by atoms with Gasteiger partial charge in [0.15, 0.2) is 0 Å². The molecule has 0 unspecified atom stereocenters. The summed E-state index contributed by atoms with van der Waals surface area (Å²) in [5.74, 6) is 0.797. The summed E-state index contributed by atoms with van der Waals surface area (Å²) in [7, 11) is 1.64. The lowest BCUT2D eigenvalue weighted by molar-refractivity contribution is 0.252. The molecule has 3 aromatic rings. The maximum atomic E-state index is 12.0. The summed E-state index contributed by atoms with van der Waals surface area (Å²) >= 11 is 0. The zero-order valence-corrected chi connectivity index (χ0v) is 15.6. The van der Waals surface area contributed by atoms with Gasteiger partial charge in [0.1, 0.15) is 5.75 Å². The van der Waals surface area contributed by atoms with E-state index in [-0.39, 0.29) is 6.03 Å². The van der Waals surface area contributed by atoms with Crippen LogP contribution in [0.2, 0.25) is 0 Å². The molecule has 0 aliphatic rings. The van der Waals surface area contributed by atoms with E-state index in [9.17, 15) is 4.79 Å². The molecule has 0 saturated carbocycles. The Morgan fingerprint density at radius 3 is 2.59 bits per heavy atom. The van der Waals surface area contributed by atoms with Gasteiger partial charge < -0.3 is 14.6 Å². The van der Waals surface area contributed by atoms with Crippen LogP contribution < -0.4 is 15.5 Å². The highest BCUT2D eigenvalue weighted by molar-refractivity contribution is 5.91. The highest BCUT2D eigenvalue weighted by atomic mass is 16.5. The normalized spacial score (nSPS) is 10.8. The largest absolute Gasteiger partial charge is 0.497 e. The molecule has 0 fully saturated rings. The number of aryl methyl sites for hydroxylation is 2. The molecule has 138 valence electrons. The molecule has 6 nitrogen and oxygen atoms in total. The van der Waals surface area contributed by atoms with Crippen molar-refractivity contribution in [3.63, 3.8) is 0 Å². The number of rotatable bonds is 5. The molecule has 6 heteroatoms. The number of hydrogen-bond donors (Lipinski definition) is 2.